The molecule has 0 saturated heterocycles. The summed E-state index contributed by atoms with van der Waals surface area (Å²) in [6, 6.07) is 9.95. The fourth-order valence-corrected chi connectivity index (χ4v) is 2.06. The maximum absolute atomic E-state index is 12.4. The van der Waals surface area contributed by atoms with Crippen LogP contribution in [0.15, 0.2) is 30.3 Å². The number of ether oxygens (including phenoxy) is 1. The molecule has 0 spiro atoms. The maximum atomic E-state index is 12.4. The molecule has 1 aromatic rings. The first-order valence-electron chi connectivity index (χ1n) is 7.56. The van der Waals surface area contributed by atoms with Crippen LogP contribution in [0.1, 0.15) is 18.4 Å². The molecule has 5 heteroatoms. The number of amides is 1. The molecule has 1 rings (SSSR count). The number of carbonyl (C=O) groups excluding carboxylic acids is 2. The Bertz CT molecular complexity index is 460. The van der Waals surface area contributed by atoms with Crippen LogP contribution in [0.5, 0.6) is 0 Å². The van der Waals surface area contributed by atoms with Crippen LogP contribution in [-0.2, 0) is 20.7 Å². The van der Waals surface area contributed by atoms with Crippen molar-refractivity contribution in [2.24, 2.45) is 0 Å². The van der Waals surface area contributed by atoms with Crippen LogP contribution in [0.2, 0.25) is 0 Å². The van der Waals surface area contributed by atoms with Crippen LogP contribution in [0.3, 0.4) is 0 Å². The van der Waals surface area contributed by atoms with Gasteiger partial charge in [-0.15, -0.1) is 0 Å². The predicted molar refractivity (Wildman–Crippen MR) is 86.5 cm³/mol. The topological polar surface area (TPSA) is 49.9 Å². The molecule has 0 unspecified atom stereocenters. The van der Waals surface area contributed by atoms with Gasteiger partial charge < -0.3 is 14.5 Å². The van der Waals surface area contributed by atoms with Crippen LogP contribution < -0.4 is 0 Å². The van der Waals surface area contributed by atoms with E-state index in [1.165, 1.54) is 7.11 Å². The Morgan fingerprint density at radius 1 is 1.00 bits per heavy atom. The summed E-state index contributed by atoms with van der Waals surface area (Å²) in [7, 11) is 5.30. The molecular weight excluding hydrogens is 280 g/mol. The first kappa shape index (κ1) is 18.2. The van der Waals surface area contributed by atoms with Gasteiger partial charge in [-0.25, -0.2) is 0 Å². The summed E-state index contributed by atoms with van der Waals surface area (Å²) in [6.45, 7) is 1.81. The lowest BCUT2D eigenvalue weighted by atomic mass is 10.1. The summed E-state index contributed by atoms with van der Waals surface area (Å²) in [5, 5.41) is 0. The van der Waals surface area contributed by atoms with E-state index in [1.54, 1.807) is 4.90 Å². The molecule has 5 nitrogen and oxygen atoms in total. The Hall–Kier alpha value is -1.88. The van der Waals surface area contributed by atoms with Crippen molar-refractivity contribution in [3.8, 4) is 0 Å². The summed E-state index contributed by atoms with van der Waals surface area (Å²) in [6.07, 6.45) is 1.41. The zero-order valence-electron chi connectivity index (χ0n) is 13.7. The number of rotatable bonds is 9. The molecule has 122 valence electrons. The molecule has 0 heterocycles. The van der Waals surface area contributed by atoms with Gasteiger partial charge in [-0.2, -0.15) is 0 Å². The molecule has 0 saturated carbocycles. The quantitative estimate of drug-likeness (QED) is 0.650. The highest BCUT2D eigenvalue weighted by molar-refractivity contribution is 5.77. The fraction of sp³-hybridized carbons (Fsp3) is 0.529. The standard InChI is InChI=1S/C17H26N2O3/c1-18(2)13-14-19(12-11-17(21)22-3)16(20)10-9-15-7-5-4-6-8-15/h4-8H,9-14H2,1-3H3. The van der Waals surface area contributed by atoms with Gasteiger partial charge in [0, 0.05) is 26.1 Å². The van der Waals surface area contributed by atoms with Gasteiger partial charge in [0.1, 0.15) is 0 Å². The highest BCUT2D eigenvalue weighted by Crippen LogP contribution is 2.06. The van der Waals surface area contributed by atoms with E-state index in [0.717, 1.165) is 18.5 Å². The van der Waals surface area contributed by atoms with E-state index in [1.807, 2.05) is 49.3 Å². The van der Waals surface area contributed by atoms with Gasteiger partial charge in [0.05, 0.1) is 13.5 Å². The van der Waals surface area contributed by atoms with Crippen molar-refractivity contribution in [1.29, 1.82) is 0 Å². The number of carbonyl (C=O) groups is 2. The second-order valence-electron chi connectivity index (χ2n) is 5.50. The van der Waals surface area contributed by atoms with Gasteiger partial charge in [-0.05, 0) is 26.1 Å². The number of esters is 1. The van der Waals surface area contributed by atoms with Crippen LogP contribution in [0.4, 0.5) is 0 Å². The second-order valence-corrected chi connectivity index (χ2v) is 5.50. The fourth-order valence-electron chi connectivity index (χ4n) is 2.06. The Morgan fingerprint density at radius 2 is 1.68 bits per heavy atom. The number of hydrogen-bond acceptors (Lipinski definition) is 4. The van der Waals surface area contributed by atoms with Gasteiger partial charge in [0.2, 0.25) is 5.91 Å². The van der Waals surface area contributed by atoms with Crippen LogP contribution >= 0.6 is 0 Å². The number of methoxy groups -OCH3 is 1. The highest BCUT2D eigenvalue weighted by atomic mass is 16.5. The van der Waals surface area contributed by atoms with Crippen molar-refractivity contribution in [1.82, 2.24) is 9.80 Å². The normalized spacial score (nSPS) is 10.5. The second kappa shape index (κ2) is 9.95. The minimum Gasteiger partial charge on any atom is -0.469 e. The van der Waals surface area contributed by atoms with Crippen molar-refractivity contribution < 1.29 is 14.3 Å². The molecule has 1 amide bonds. The van der Waals surface area contributed by atoms with Crippen molar-refractivity contribution in [2.75, 3.05) is 40.8 Å². The largest absolute Gasteiger partial charge is 0.469 e. The van der Waals surface area contributed by atoms with Gasteiger partial charge in [-0.3, -0.25) is 9.59 Å². The molecule has 0 radical (unpaired) electrons. The number of nitrogens with zero attached hydrogens (tertiary/aromatic N) is 2. The Balaban J connectivity index is 2.51. The third kappa shape index (κ3) is 7.22. The molecular formula is C17H26N2O3. The SMILES string of the molecule is COC(=O)CCN(CCN(C)C)C(=O)CCc1ccccc1. The van der Waals surface area contributed by atoms with Gasteiger partial charge in [-0.1, -0.05) is 30.3 Å². The minimum absolute atomic E-state index is 0.0783. The van der Waals surface area contributed by atoms with E-state index < -0.39 is 0 Å². The van der Waals surface area contributed by atoms with E-state index in [4.69, 9.17) is 0 Å². The van der Waals surface area contributed by atoms with E-state index in [9.17, 15) is 9.59 Å². The van der Waals surface area contributed by atoms with Crippen LogP contribution in [0.25, 0.3) is 0 Å². The van der Waals surface area contributed by atoms with Crippen molar-refractivity contribution in [3.05, 3.63) is 35.9 Å². The van der Waals surface area contributed by atoms with Gasteiger partial charge in [0.15, 0.2) is 0 Å². The Labute approximate surface area is 132 Å². The lowest BCUT2D eigenvalue weighted by Crippen LogP contribution is -2.38. The van der Waals surface area contributed by atoms with Gasteiger partial charge >= 0.3 is 5.97 Å². The Kier molecular flexibility index (Phi) is 8.22. The Morgan fingerprint density at radius 3 is 2.27 bits per heavy atom. The van der Waals surface area contributed by atoms with Crippen LogP contribution in [-0.4, -0.2) is 62.5 Å². The first-order valence-corrected chi connectivity index (χ1v) is 7.56. The summed E-state index contributed by atoms with van der Waals surface area (Å²) in [5.74, 6) is -0.208. The van der Waals surface area contributed by atoms with Crippen LogP contribution in [0, 0.1) is 0 Å². The smallest absolute Gasteiger partial charge is 0.307 e. The lowest BCUT2D eigenvalue weighted by Gasteiger charge is -2.24. The number of hydrogen-bond donors (Lipinski definition) is 0. The molecule has 0 N–H and O–H groups in total. The predicted octanol–water partition coefficient (Wildman–Crippen LogP) is 1.57. The molecule has 0 aromatic heterocycles. The molecule has 0 atom stereocenters. The minimum atomic E-state index is -0.286. The zero-order chi connectivity index (χ0) is 16.4. The van der Waals surface area contributed by atoms with Crippen molar-refractivity contribution in [3.63, 3.8) is 0 Å². The summed E-state index contributed by atoms with van der Waals surface area (Å²) >= 11 is 0. The monoisotopic (exact) mass is 306 g/mol. The van der Waals surface area contributed by atoms with Crippen molar-refractivity contribution in [2.45, 2.75) is 19.3 Å². The molecule has 1 aromatic carbocycles. The molecule has 22 heavy (non-hydrogen) atoms. The number of likely N-dealkylation sites (N-methyl/N-ethyl adjacent to an activating group) is 1. The summed E-state index contributed by atoms with van der Waals surface area (Å²) in [5.41, 5.74) is 1.15. The first-order chi connectivity index (χ1) is 10.5. The highest BCUT2D eigenvalue weighted by Gasteiger charge is 2.15. The number of aryl methyl sites for hydroxylation is 1. The lowest BCUT2D eigenvalue weighted by molar-refractivity contribution is -0.141. The average molecular weight is 306 g/mol. The summed E-state index contributed by atoms with van der Waals surface area (Å²) in [4.78, 5) is 27.4. The van der Waals surface area contributed by atoms with E-state index in [-0.39, 0.29) is 18.3 Å². The third-order valence-corrected chi connectivity index (χ3v) is 3.45. The van der Waals surface area contributed by atoms with E-state index in [0.29, 0.717) is 19.5 Å². The van der Waals surface area contributed by atoms with E-state index in [2.05, 4.69) is 4.74 Å². The maximum Gasteiger partial charge on any atom is 0.307 e. The number of benzene rings is 1. The molecule has 0 fully saturated rings. The molecule has 0 aliphatic rings. The summed E-state index contributed by atoms with van der Waals surface area (Å²) < 4.78 is 4.65. The molecule has 0 aliphatic heterocycles. The van der Waals surface area contributed by atoms with Crippen molar-refractivity contribution >= 4 is 11.9 Å². The zero-order valence-corrected chi connectivity index (χ0v) is 13.7. The van der Waals surface area contributed by atoms with E-state index >= 15 is 0 Å². The van der Waals surface area contributed by atoms with Gasteiger partial charge in [0.25, 0.3) is 0 Å². The molecule has 0 aliphatic carbocycles. The molecule has 0 bridgehead atoms. The average Bonchev–Trinajstić information content (AvgIpc) is 2.53. The third-order valence-electron chi connectivity index (χ3n) is 3.45.